The maximum absolute atomic E-state index is 12.3. The molecule has 1 unspecified atom stereocenters. The van der Waals surface area contributed by atoms with E-state index in [0.29, 0.717) is 29.3 Å². The maximum Gasteiger partial charge on any atom is 0.323 e. The van der Waals surface area contributed by atoms with E-state index in [1.165, 1.54) is 0 Å². The van der Waals surface area contributed by atoms with Gasteiger partial charge in [-0.3, -0.25) is 4.90 Å². The minimum atomic E-state index is -0.133. The second kappa shape index (κ2) is 8.31. The summed E-state index contributed by atoms with van der Waals surface area (Å²) in [5.41, 5.74) is 1.77. The van der Waals surface area contributed by atoms with E-state index in [2.05, 4.69) is 39.4 Å². The normalized spacial score (nSPS) is 17.3. The van der Waals surface area contributed by atoms with Crippen molar-refractivity contribution in [3.63, 3.8) is 0 Å². The number of hydrogen-bond acceptors (Lipinski definition) is 5. The Bertz CT molecular complexity index is 1050. The van der Waals surface area contributed by atoms with Crippen molar-refractivity contribution in [2.24, 2.45) is 5.92 Å². The lowest BCUT2D eigenvalue weighted by Crippen LogP contribution is -2.38. The molecule has 1 aromatic carbocycles. The van der Waals surface area contributed by atoms with Gasteiger partial charge in [0.15, 0.2) is 0 Å². The molecule has 30 heavy (non-hydrogen) atoms. The number of anilines is 2. The van der Waals surface area contributed by atoms with Crippen LogP contribution < -0.4 is 15.5 Å². The molecule has 0 bridgehead atoms. The van der Waals surface area contributed by atoms with Gasteiger partial charge in [-0.15, -0.1) is 0 Å². The summed E-state index contributed by atoms with van der Waals surface area (Å²) in [5, 5.41) is 6.84. The average Bonchev–Trinajstić information content (AvgIpc) is 3.35. The van der Waals surface area contributed by atoms with Gasteiger partial charge in [0.25, 0.3) is 0 Å². The van der Waals surface area contributed by atoms with Crippen LogP contribution in [0.3, 0.4) is 0 Å². The fraction of sp³-hybridized carbons (Fsp3) is 0.333. The number of carbonyl (C=O) groups is 1. The van der Waals surface area contributed by atoms with Gasteiger partial charge in [0.2, 0.25) is 5.95 Å². The fourth-order valence-corrected chi connectivity index (χ4v) is 3.67. The third-order valence-corrected chi connectivity index (χ3v) is 5.40. The molecule has 0 spiro atoms. The Morgan fingerprint density at radius 1 is 1.23 bits per heavy atom. The minimum absolute atomic E-state index is 0.0612. The lowest BCUT2D eigenvalue weighted by Gasteiger charge is -2.25. The van der Waals surface area contributed by atoms with Crippen LogP contribution in [0.2, 0.25) is 5.02 Å². The van der Waals surface area contributed by atoms with Crippen LogP contribution in [0.4, 0.5) is 16.6 Å². The molecule has 2 N–H and O–H groups in total. The summed E-state index contributed by atoms with van der Waals surface area (Å²) >= 11 is 6.09. The molecule has 8 nitrogen and oxygen atoms in total. The van der Waals surface area contributed by atoms with Crippen LogP contribution in [0.15, 0.2) is 49.1 Å². The molecule has 0 radical (unpaired) electrons. The third-order valence-electron chi connectivity index (χ3n) is 5.17. The molecule has 9 heteroatoms. The molecular weight excluding hydrogens is 402 g/mol. The molecule has 0 aliphatic carbocycles. The predicted molar refractivity (Wildman–Crippen MR) is 117 cm³/mol. The number of urea groups is 1. The van der Waals surface area contributed by atoms with Gasteiger partial charge in [0, 0.05) is 29.6 Å². The van der Waals surface area contributed by atoms with E-state index in [4.69, 9.17) is 11.6 Å². The Labute approximate surface area is 180 Å². The van der Waals surface area contributed by atoms with E-state index in [1.54, 1.807) is 23.5 Å². The standard InChI is InChI=1S/C21H24ClN7O/c1-13(2)18-10-24-21(30)29(18)19-7-8-23-20(27-19)26-14(3)17-11-28(12-25-17)16-6-4-5-15(22)9-16/h4-9,11-14,18H,10H2,1-3H3,(H,24,30)(H,23,26,27)/t14-,18?/m0/s1. The van der Waals surface area contributed by atoms with Crippen molar-refractivity contribution in [1.29, 1.82) is 0 Å². The number of amides is 2. The summed E-state index contributed by atoms with van der Waals surface area (Å²) in [6.45, 7) is 6.79. The van der Waals surface area contributed by atoms with Gasteiger partial charge in [-0.05, 0) is 37.1 Å². The van der Waals surface area contributed by atoms with Gasteiger partial charge < -0.3 is 15.2 Å². The number of rotatable bonds is 6. The van der Waals surface area contributed by atoms with Gasteiger partial charge in [-0.2, -0.15) is 4.98 Å². The number of carbonyl (C=O) groups excluding carboxylic acids is 1. The summed E-state index contributed by atoms with van der Waals surface area (Å²) in [5.74, 6) is 1.34. The Kier molecular flexibility index (Phi) is 5.59. The lowest BCUT2D eigenvalue weighted by molar-refractivity contribution is 0.251. The fourth-order valence-electron chi connectivity index (χ4n) is 3.49. The molecule has 156 valence electrons. The zero-order chi connectivity index (χ0) is 21.3. The predicted octanol–water partition coefficient (Wildman–Crippen LogP) is 4.04. The number of nitrogens with zero attached hydrogens (tertiary/aromatic N) is 5. The van der Waals surface area contributed by atoms with Gasteiger partial charge in [0.1, 0.15) is 5.82 Å². The Hall–Kier alpha value is -3.13. The zero-order valence-electron chi connectivity index (χ0n) is 17.1. The molecule has 3 heterocycles. The number of benzene rings is 1. The average molecular weight is 426 g/mol. The summed E-state index contributed by atoms with van der Waals surface area (Å²) in [7, 11) is 0. The highest BCUT2D eigenvalue weighted by atomic mass is 35.5. The number of imidazole rings is 1. The topological polar surface area (TPSA) is 88.0 Å². The third kappa shape index (κ3) is 4.09. The van der Waals surface area contributed by atoms with E-state index in [-0.39, 0.29) is 18.1 Å². The molecule has 1 aliphatic heterocycles. The molecule has 2 aromatic heterocycles. The van der Waals surface area contributed by atoms with Crippen LogP contribution >= 0.6 is 11.6 Å². The smallest absolute Gasteiger partial charge is 0.323 e. The summed E-state index contributed by atoms with van der Waals surface area (Å²) < 4.78 is 1.92. The number of halogens is 1. The molecule has 2 atom stereocenters. The molecule has 2 amide bonds. The first-order valence-corrected chi connectivity index (χ1v) is 10.3. The first-order valence-electron chi connectivity index (χ1n) is 9.89. The van der Waals surface area contributed by atoms with E-state index in [0.717, 1.165) is 11.4 Å². The van der Waals surface area contributed by atoms with Crippen molar-refractivity contribution in [3.8, 4) is 5.69 Å². The second-order valence-corrected chi connectivity index (χ2v) is 8.09. The molecule has 3 aromatic rings. The minimum Gasteiger partial charge on any atom is -0.346 e. The van der Waals surface area contributed by atoms with Gasteiger partial charge in [0.05, 0.1) is 24.1 Å². The summed E-state index contributed by atoms with van der Waals surface area (Å²) in [6.07, 6.45) is 5.35. The van der Waals surface area contributed by atoms with Crippen molar-refractivity contribution in [3.05, 3.63) is 59.8 Å². The molecule has 0 saturated carbocycles. The highest BCUT2D eigenvalue weighted by Crippen LogP contribution is 2.24. The quantitative estimate of drug-likeness (QED) is 0.622. The first-order chi connectivity index (χ1) is 14.4. The monoisotopic (exact) mass is 425 g/mol. The summed E-state index contributed by atoms with van der Waals surface area (Å²) in [4.78, 5) is 27.4. The van der Waals surface area contributed by atoms with Crippen LogP contribution in [0, 0.1) is 5.92 Å². The van der Waals surface area contributed by atoms with Crippen LogP contribution in [0.25, 0.3) is 5.69 Å². The van der Waals surface area contributed by atoms with Crippen molar-refractivity contribution >= 4 is 29.4 Å². The molecule has 1 fully saturated rings. The van der Waals surface area contributed by atoms with Crippen LogP contribution in [0.1, 0.15) is 32.5 Å². The molecular formula is C21H24ClN7O. The lowest BCUT2D eigenvalue weighted by atomic mass is 10.0. The molecule has 1 saturated heterocycles. The van der Waals surface area contributed by atoms with E-state index in [1.807, 2.05) is 42.0 Å². The number of hydrogen-bond donors (Lipinski definition) is 2. The highest BCUT2D eigenvalue weighted by Gasteiger charge is 2.34. The van der Waals surface area contributed by atoms with Crippen LogP contribution in [-0.2, 0) is 0 Å². The maximum atomic E-state index is 12.3. The van der Waals surface area contributed by atoms with Crippen molar-refractivity contribution in [2.75, 3.05) is 16.8 Å². The van der Waals surface area contributed by atoms with Gasteiger partial charge >= 0.3 is 6.03 Å². The van der Waals surface area contributed by atoms with E-state index >= 15 is 0 Å². The molecule has 1 aliphatic rings. The highest BCUT2D eigenvalue weighted by molar-refractivity contribution is 6.30. The van der Waals surface area contributed by atoms with Gasteiger partial charge in [-0.25, -0.2) is 14.8 Å². The zero-order valence-corrected chi connectivity index (χ0v) is 17.8. The van der Waals surface area contributed by atoms with Crippen molar-refractivity contribution < 1.29 is 4.79 Å². The van der Waals surface area contributed by atoms with Crippen molar-refractivity contribution in [1.82, 2.24) is 24.8 Å². The summed E-state index contributed by atoms with van der Waals surface area (Å²) in [6, 6.07) is 9.13. The largest absolute Gasteiger partial charge is 0.346 e. The first kappa shape index (κ1) is 20.2. The number of aromatic nitrogens is 4. The Morgan fingerprint density at radius 2 is 2.07 bits per heavy atom. The van der Waals surface area contributed by atoms with Crippen LogP contribution in [-0.4, -0.2) is 38.1 Å². The molecule has 4 rings (SSSR count). The SMILES string of the molecule is CC(C)C1CNC(=O)N1c1ccnc(N[C@@H](C)c2cn(-c3cccc(Cl)c3)cn2)n1. The Balaban J connectivity index is 1.51. The van der Waals surface area contributed by atoms with E-state index in [9.17, 15) is 4.79 Å². The van der Waals surface area contributed by atoms with Crippen LogP contribution in [0.5, 0.6) is 0 Å². The van der Waals surface area contributed by atoms with Crippen molar-refractivity contribution in [2.45, 2.75) is 32.9 Å². The Morgan fingerprint density at radius 3 is 2.83 bits per heavy atom. The second-order valence-electron chi connectivity index (χ2n) is 7.66. The van der Waals surface area contributed by atoms with Gasteiger partial charge in [-0.1, -0.05) is 31.5 Å². The number of nitrogens with one attached hydrogen (secondary N) is 2. The van der Waals surface area contributed by atoms with E-state index < -0.39 is 0 Å².